The minimum Gasteiger partial charge on any atom is -0.397 e. The van der Waals surface area contributed by atoms with Gasteiger partial charge < -0.3 is 26.4 Å². The molecule has 2 amide bonds. The first-order chi connectivity index (χ1) is 18.0. The van der Waals surface area contributed by atoms with Gasteiger partial charge in [0.05, 0.1) is 53.2 Å². The number of nitrogens with zero attached hydrogens (tertiary/aromatic N) is 2. The number of anilines is 3. The number of carbonyl (C=O) groups excluding carboxylic acids is 2. The molecule has 200 valence electrons. The summed E-state index contributed by atoms with van der Waals surface area (Å²) in [5.74, 6) is -3.43. The Kier molecular flexibility index (Phi) is 7.44. The summed E-state index contributed by atoms with van der Waals surface area (Å²) in [4.78, 5) is 33.4. The third-order valence-corrected chi connectivity index (χ3v) is 5.75. The minimum atomic E-state index is -4.85. The number of nitrogen functional groups attached to an aromatic ring is 1. The molecule has 1 saturated heterocycles. The summed E-state index contributed by atoms with van der Waals surface area (Å²) in [7, 11) is 0. The fourth-order valence-corrected chi connectivity index (χ4v) is 3.80. The number of nitrogens with two attached hydrogens (primary N) is 1. The van der Waals surface area contributed by atoms with Crippen molar-refractivity contribution >= 4 is 28.9 Å². The van der Waals surface area contributed by atoms with Crippen LogP contribution in [0, 0.1) is 11.6 Å². The van der Waals surface area contributed by atoms with Gasteiger partial charge in [-0.2, -0.15) is 13.2 Å². The second kappa shape index (κ2) is 10.6. The predicted molar refractivity (Wildman–Crippen MR) is 125 cm³/mol. The molecule has 9 nitrogen and oxygen atoms in total. The number of hydrogen-bond acceptors (Lipinski definition) is 7. The predicted octanol–water partition coefficient (Wildman–Crippen LogP) is 3.30. The quantitative estimate of drug-likeness (QED) is 0.341. The minimum absolute atomic E-state index is 0.128. The highest BCUT2D eigenvalue weighted by Gasteiger charge is 2.44. The Bertz CT molecular complexity index is 1360. The number of ether oxygens (including phenoxy) is 1. The van der Waals surface area contributed by atoms with Crippen LogP contribution in [0.4, 0.5) is 39.0 Å². The van der Waals surface area contributed by atoms with Crippen molar-refractivity contribution in [2.45, 2.75) is 24.7 Å². The van der Waals surface area contributed by atoms with Crippen LogP contribution >= 0.6 is 0 Å². The molecule has 0 spiro atoms. The van der Waals surface area contributed by atoms with Crippen molar-refractivity contribution in [1.82, 2.24) is 20.6 Å². The van der Waals surface area contributed by atoms with Crippen LogP contribution in [-0.4, -0.2) is 40.5 Å². The molecule has 2 aromatic heterocycles. The van der Waals surface area contributed by atoms with E-state index < -0.39 is 53.0 Å². The number of alkyl halides is 3. The smallest absolute Gasteiger partial charge is 0.397 e. The Morgan fingerprint density at radius 1 is 1.11 bits per heavy atom. The molecule has 1 aliphatic heterocycles. The van der Waals surface area contributed by atoms with Gasteiger partial charge in [-0.15, -0.1) is 0 Å². The van der Waals surface area contributed by atoms with Crippen LogP contribution in [0.1, 0.15) is 28.0 Å². The van der Waals surface area contributed by atoms with E-state index in [-0.39, 0.29) is 42.3 Å². The van der Waals surface area contributed by atoms with E-state index >= 15 is 0 Å². The zero-order valence-corrected chi connectivity index (χ0v) is 19.5. The molecule has 1 aromatic carbocycles. The number of pyridine rings is 2. The lowest BCUT2D eigenvalue weighted by Crippen LogP contribution is -2.59. The van der Waals surface area contributed by atoms with Crippen molar-refractivity contribution in [3.8, 4) is 0 Å². The number of hydrogen-bond donors (Lipinski definition) is 4. The number of carbonyl (C=O) groups is 2. The van der Waals surface area contributed by atoms with Crippen LogP contribution in [0.15, 0.2) is 48.9 Å². The van der Waals surface area contributed by atoms with Crippen LogP contribution in [0.2, 0.25) is 0 Å². The molecule has 0 unspecified atom stereocenters. The molecule has 0 bridgehead atoms. The molecule has 0 aliphatic carbocycles. The summed E-state index contributed by atoms with van der Waals surface area (Å²) < 4.78 is 73.8. The number of rotatable bonds is 7. The average Bonchev–Trinajstić information content (AvgIpc) is 3.33. The highest BCUT2D eigenvalue weighted by molar-refractivity contribution is 5.99. The highest BCUT2D eigenvalue weighted by Crippen LogP contribution is 2.37. The van der Waals surface area contributed by atoms with Gasteiger partial charge in [-0.3, -0.25) is 19.6 Å². The van der Waals surface area contributed by atoms with Crippen molar-refractivity contribution in [2.24, 2.45) is 0 Å². The van der Waals surface area contributed by atoms with Gasteiger partial charge in [0.1, 0.15) is 17.2 Å². The number of amides is 2. The van der Waals surface area contributed by atoms with E-state index in [1.54, 1.807) is 0 Å². The molecule has 4 rings (SSSR count). The number of para-hydroxylation sites is 1. The van der Waals surface area contributed by atoms with Crippen LogP contribution in [0.25, 0.3) is 0 Å². The maximum atomic E-state index is 14.7. The summed E-state index contributed by atoms with van der Waals surface area (Å²) in [5, 5.41) is 7.32. The molecule has 1 fully saturated rings. The molecule has 3 aromatic rings. The lowest BCUT2D eigenvalue weighted by Gasteiger charge is -2.27. The molecular weight excluding hydrogens is 515 g/mol. The Balaban J connectivity index is 1.45. The Morgan fingerprint density at radius 3 is 2.55 bits per heavy atom. The van der Waals surface area contributed by atoms with Crippen LogP contribution in [0.5, 0.6) is 0 Å². The first-order valence-electron chi connectivity index (χ1n) is 11.1. The number of nitrogens with one attached hydrogen (secondary N) is 3. The second-order valence-electron chi connectivity index (χ2n) is 8.47. The van der Waals surface area contributed by atoms with E-state index in [0.717, 1.165) is 24.4 Å². The lowest BCUT2D eigenvalue weighted by molar-refractivity contribution is -0.137. The van der Waals surface area contributed by atoms with Gasteiger partial charge in [0.15, 0.2) is 0 Å². The van der Waals surface area contributed by atoms with Gasteiger partial charge >= 0.3 is 6.18 Å². The van der Waals surface area contributed by atoms with Crippen molar-refractivity contribution in [1.29, 1.82) is 0 Å². The topological polar surface area (TPSA) is 131 Å². The third kappa shape index (κ3) is 5.80. The number of halogens is 5. The van der Waals surface area contributed by atoms with Crippen LogP contribution in [-0.2, 0) is 22.3 Å². The molecule has 0 saturated carbocycles. The summed E-state index contributed by atoms with van der Waals surface area (Å²) in [6.07, 6.45) is -1.07. The van der Waals surface area contributed by atoms with E-state index in [2.05, 4.69) is 25.9 Å². The first-order valence-corrected chi connectivity index (χ1v) is 11.1. The summed E-state index contributed by atoms with van der Waals surface area (Å²) >= 11 is 0. The zero-order valence-electron chi connectivity index (χ0n) is 19.5. The molecule has 38 heavy (non-hydrogen) atoms. The normalized spacial score (nSPS) is 17.2. The monoisotopic (exact) mass is 536 g/mol. The fraction of sp³-hybridized carbons (Fsp3) is 0.250. The van der Waals surface area contributed by atoms with E-state index in [9.17, 15) is 31.5 Å². The van der Waals surface area contributed by atoms with Crippen molar-refractivity contribution < 1.29 is 36.3 Å². The third-order valence-electron chi connectivity index (χ3n) is 5.75. The zero-order chi connectivity index (χ0) is 27.5. The van der Waals surface area contributed by atoms with Gasteiger partial charge in [0.25, 0.3) is 5.91 Å². The van der Waals surface area contributed by atoms with E-state index in [1.807, 2.05) is 0 Å². The Hall–Kier alpha value is -4.33. The van der Waals surface area contributed by atoms with Gasteiger partial charge in [-0.05, 0) is 18.2 Å². The molecule has 14 heteroatoms. The molecule has 0 radical (unpaired) electrons. The lowest BCUT2D eigenvalue weighted by atomic mass is 9.96. The van der Waals surface area contributed by atoms with Gasteiger partial charge in [-0.1, -0.05) is 6.07 Å². The summed E-state index contributed by atoms with van der Waals surface area (Å²) in [6.45, 7) is -0.356. The van der Waals surface area contributed by atoms with Crippen molar-refractivity contribution in [2.75, 3.05) is 24.3 Å². The van der Waals surface area contributed by atoms with Crippen molar-refractivity contribution in [3.63, 3.8) is 0 Å². The largest absolute Gasteiger partial charge is 0.418 e. The molecule has 3 heterocycles. The second-order valence-corrected chi connectivity index (χ2v) is 8.47. The van der Waals surface area contributed by atoms with Gasteiger partial charge in [0, 0.05) is 31.5 Å². The van der Waals surface area contributed by atoms with Crippen molar-refractivity contribution in [3.05, 3.63) is 77.4 Å². The standard InChI is InChI=1S/C24H21F5N6O3/c25-17-3-1-2-16(24(27,28)29)20(17)34-15-7-18(26)19(32-10-15)11-33-22(37)23(4-5-38-12-23)35-21(36)13-6-14(30)9-31-8-13/h1-3,6-10,34H,4-5,11-12,30H2,(H,33,37)(H,35,36)/t23-/m0/s1. The first kappa shape index (κ1) is 26.7. The van der Waals surface area contributed by atoms with E-state index in [0.29, 0.717) is 6.07 Å². The average molecular weight is 536 g/mol. The van der Waals surface area contributed by atoms with Gasteiger partial charge in [0.2, 0.25) is 5.91 Å². The summed E-state index contributed by atoms with van der Waals surface area (Å²) in [5.41, 5.74) is 1.96. The maximum Gasteiger partial charge on any atom is 0.418 e. The molecule has 5 N–H and O–H groups in total. The highest BCUT2D eigenvalue weighted by atomic mass is 19.4. The number of aromatic nitrogens is 2. The van der Waals surface area contributed by atoms with Crippen LogP contribution in [0.3, 0.4) is 0 Å². The molecule has 1 atom stereocenters. The Morgan fingerprint density at radius 2 is 1.89 bits per heavy atom. The number of benzene rings is 1. The van der Waals surface area contributed by atoms with E-state index in [1.165, 1.54) is 18.5 Å². The summed E-state index contributed by atoms with van der Waals surface area (Å²) in [6, 6.07) is 4.63. The van der Waals surface area contributed by atoms with Crippen LogP contribution < -0.4 is 21.7 Å². The SMILES string of the molecule is Nc1cncc(C(=O)N[C@@]2(C(=O)NCc3ncc(Nc4c(F)cccc4C(F)(F)F)cc3F)CCOC2)c1. The van der Waals surface area contributed by atoms with Gasteiger partial charge in [-0.25, -0.2) is 8.78 Å². The van der Waals surface area contributed by atoms with E-state index in [4.69, 9.17) is 10.5 Å². The maximum absolute atomic E-state index is 14.7. The fourth-order valence-electron chi connectivity index (χ4n) is 3.80. The molecular formula is C24H21F5N6O3. The molecule has 1 aliphatic rings. The Labute approximate surface area is 212 Å².